The number of nitrogens with zero attached hydrogens (tertiary/aromatic N) is 2. The number of rotatable bonds is 4. The second kappa shape index (κ2) is 8.15. The summed E-state index contributed by atoms with van der Waals surface area (Å²) in [7, 11) is 0. The molecule has 3 aromatic rings. The molecule has 29 heavy (non-hydrogen) atoms. The summed E-state index contributed by atoms with van der Waals surface area (Å²) in [6.45, 7) is 7.73. The Bertz CT molecular complexity index is 1130. The zero-order chi connectivity index (χ0) is 21.1. The van der Waals surface area contributed by atoms with Gasteiger partial charge in [0, 0.05) is 22.8 Å². The quantitative estimate of drug-likeness (QED) is 0.482. The van der Waals surface area contributed by atoms with Gasteiger partial charge in [-0.1, -0.05) is 6.07 Å². The van der Waals surface area contributed by atoms with Crippen molar-refractivity contribution in [1.29, 1.82) is 5.26 Å². The second-order valence-electron chi connectivity index (χ2n) is 7.14. The summed E-state index contributed by atoms with van der Waals surface area (Å²) in [5.74, 6) is -0.754. The van der Waals surface area contributed by atoms with Gasteiger partial charge in [-0.3, -0.25) is 4.79 Å². The third kappa shape index (κ3) is 4.44. The van der Waals surface area contributed by atoms with Crippen molar-refractivity contribution in [3.8, 4) is 11.8 Å². The minimum absolute atomic E-state index is 0.0171. The number of benzene rings is 2. The lowest BCUT2D eigenvalue weighted by Gasteiger charge is -2.09. The number of nitrogens with one attached hydrogen (secondary N) is 1. The van der Waals surface area contributed by atoms with Crippen molar-refractivity contribution >= 4 is 17.7 Å². The van der Waals surface area contributed by atoms with Gasteiger partial charge >= 0.3 is 0 Å². The monoisotopic (exact) mass is 387 g/mol. The number of hydrogen-bond donors (Lipinski definition) is 1. The van der Waals surface area contributed by atoms with Crippen LogP contribution in [0.1, 0.15) is 28.1 Å². The van der Waals surface area contributed by atoms with Crippen LogP contribution in [-0.4, -0.2) is 10.5 Å². The lowest BCUT2D eigenvalue weighted by atomic mass is 10.1. The largest absolute Gasteiger partial charge is 0.321 e. The van der Waals surface area contributed by atoms with Crippen LogP contribution >= 0.6 is 0 Å². The Hall–Kier alpha value is -3.65. The fraction of sp³-hybridized carbons (Fsp3) is 0.167. The van der Waals surface area contributed by atoms with E-state index in [1.807, 2.05) is 62.6 Å². The zero-order valence-electron chi connectivity index (χ0n) is 16.9. The summed E-state index contributed by atoms with van der Waals surface area (Å²) in [5.41, 5.74) is 6.11. The first-order valence-electron chi connectivity index (χ1n) is 9.25. The molecule has 2 aromatic carbocycles. The van der Waals surface area contributed by atoms with Gasteiger partial charge in [0.15, 0.2) is 0 Å². The number of aryl methyl sites for hydroxylation is 3. The standard InChI is InChI=1S/C24H22FN3O/c1-15-9-16(2)11-22(10-15)27-24(29)20(14-26)13-19-12-17(3)28(18(19)4)23-7-5-21(25)6-8-23/h5-13H,1-4H3,(H,27,29)/b20-13-. The van der Waals surface area contributed by atoms with Crippen LogP contribution in [0.25, 0.3) is 11.8 Å². The predicted molar refractivity (Wildman–Crippen MR) is 113 cm³/mol. The second-order valence-corrected chi connectivity index (χ2v) is 7.14. The van der Waals surface area contributed by atoms with E-state index in [9.17, 15) is 14.4 Å². The van der Waals surface area contributed by atoms with E-state index < -0.39 is 5.91 Å². The number of aromatic nitrogens is 1. The lowest BCUT2D eigenvalue weighted by molar-refractivity contribution is -0.112. The number of anilines is 1. The molecule has 1 heterocycles. The van der Waals surface area contributed by atoms with E-state index in [0.29, 0.717) is 5.69 Å². The lowest BCUT2D eigenvalue weighted by Crippen LogP contribution is -2.13. The highest BCUT2D eigenvalue weighted by atomic mass is 19.1. The van der Waals surface area contributed by atoms with Gasteiger partial charge < -0.3 is 9.88 Å². The number of nitriles is 1. The highest BCUT2D eigenvalue weighted by Crippen LogP contribution is 2.23. The van der Waals surface area contributed by atoms with Crippen molar-refractivity contribution in [3.05, 3.63) is 88.0 Å². The average Bonchev–Trinajstić information content (AvgIpc) is 2.93. The topological polar surface area (TPSA) is 57.8 Å². The number of amides is 1. The van der Waals surface area contributed by atoms with Gasteiger partial charge in [0.2, 0.25) is 0 Å². The normalized spacial score (nSPS) is 11.2. The Morgan fingerprint density at radius 1 is 1.03 bits per heavy atom. The van der Waals surface area contributed by atoms with Gasteiger partial charge in [-0.05, 0) is 92.9 Å². The predicted octanol–water partition coefficient (Wildman–Crippen LogP) is 5.40. The summed E-state index contributed by atoms with van der Waals surface area (Å²) in [6, 6.07) is 15.8. The maximum Gasteiger partial charge on any atom is 0.266 e. The first-order chi connectivity index (χ1) is 13.8. The van der Waals surface area contributed by atoms with E-state index in [0.717, 1.165) is 33.8 Å². The van der Waals surface area contributed by atoms with Crippen molar-refractivity contribution in [2.75, 3.05) is 5.32 Å². The molecular weight excluding hydrogens is 365 g/mol. The van der Waals surface area contributed by atoms with Crippen molar-refractivity contribution in [1.82, 2.24) is 4.57 Å². The number of halogens is 1. The maximum atomic E-state index is 13.2. The van der Waals surface area contributed by atoms with Crippen LogP contribution in [0.2, 0.25) is 0 Å². The van der Waals surface area contributed by atoms with Crippen LogP contribution in [0.3, 0.4) is 0 Å². The van der Waals surface area contributed by atoms with Crippen LogP contribution in [0.5, 0.6) is 0 Å². The summed E-state index contributed by atoms with van der Waals surface area (Å²) in [6.07, 6.45) is 1.58. The molecular formula is C24H22FN3O. The third-order valence-electron chi connectivity index (χ3n) is 4.70. The van der Waals surface area contributed by atoms with Crippen molar-refractivity contribution in [3.63, 3.8) is 0 Å². The molecule has 0 bridgehead atoms. The molecule has 1 N–H and O–H groups in total. The molecule has 4 nitrogen and oxygen atoms in total. The van der Waals surface area contributed by atoms with E-state index >= 15 is 0 Å². The van der Waals surface area contributed by atoms with Crippen LogP contribution in [-0.2, 0) is 4.79 Å². The van der Waals surface area contributed by atoms with Gasteiger partial charge in [-0.2, -0.15) is 5.26 Å². The number of carbonyl (C=O) groups excluding carboxylic acids is 1. The average molecular weight is 387 g/mol. The van der Waals surface area contributed by atoms with Gasteiger partial charge in [0.05, 0.1) is 0 Å². The summed E-state index contributed by atoms with van der Waals surface area (Å²) in [4.78, 5) is 12.6. The van der Waals surface area contributed by atoms with Gasteiger partial charge in [0.25, 0.3) is 5.91 Å². The molecule has 3 rings (SSSR count). The fourth-order valence-corrected chi connectivity index (χ4v) is 3.47. The molecule has 1 aromatic heterocycles. The van der Waals surface area contributed by atoms with Crippen molar-refractivity contribution < 1.29 is 9.18 Å². The highest BCUT2D eigenvalue weighted by Gasteiger charge is 2.14. The molecule has 0 spiro atoms. The molecule has 0 saturated carbocycles. The highest BCUT2D eigenvalue weighted by molar-refractivity contribution is 6.09. The summed E-state index contributed by atoms with van der Waals surface area (Å²) in [5, 5.41) is 12.3. The smallest absolute Gasteiger partial charge is 0.266 e. The Balaban J connectivity index is 1.93. The van der Waals surface area contributed by atoms with Gasteiger partial charge in [0.1, 0.15) is 17.5 Å². The molecule has 0 aliphatic heterocycles. The molecule has 0 atom stereocenters. The van der Waals surface area contributed by atoms with E-state index in [1.54, 1.807) is 18.2 Å². The van der Waals surface area contributed by atoms with Gasteiger partial charge in [-0.25, -0.2) is 4.39 Å². The van der Waals surface area contributed by atoms with E-state index in [2.05, 4.69) is 5.32 Å². The summed E-state index contributed by atoms with van der Waals surface area (Å²) >= 11 is 0. The third-order valence-corrected chi connectivity index (χ3v) is 4.70. The van der Waals surface area contributed by atoms with Crippen LogP contribution in [0, 0.1) is 44.8 Å². The molecule has 146 valence electrons. The van der Waals surface area contributed by atoms with Crippen molar-refractivity contribution in [2.45, 2.75) is 27.7 Å². The zero-order valence-corrected chi connectivity index (χ0v) is 16.9. The van der Waals surface area contributed by atoms with Crippen LogP contribution < -0.4 is 5.32 Å². The van der Waals surface area contributed by atoms with Crippen molar-refractivity contribution in [2.24, 2.45) is 0 Å². The molecule has 1 amide bonds. The fourth-order valence-electron chi connectivity index (χ4n) is 3.47. The molecule has 0 radical (unpaired) electrons. The Labute approximate surface area is 169 Å². The van der Waals surface area contributed by atoms with E-state index in [1.165, 1.54) is 12.1 Å². The molecule has 0 fully saturated rings. The first-order valence-corrected chi connectivity index (χ1v) is 9.25. The Morgan fingerprint density at radius 2 is 1.66 bits per heavy atom. The van der Waals surface area contributed by atoms with Crippen LogP contribution in [0.4, 0.5) is 10.1 Å². The Morgan fingerprint density at radius 3 is 2.24 bits per heavy atom. The van der Waals surface area contributed by atoms with E-state index in [4.69, 9.17) is 0 Å². The minimum atomic E-state index is -0.455. The molecule has 0 aliphatic rings. The molecule has 0 unspecified atom stereocenters. The minimum Gasteiger partial charge on any atom is -0.321 e. The summed E-state index contributed by atoms with van der Waals surface area (Å²) < 4.78 is 15.2. The van der Waals surface area contributed by atoms with Crippen LogP contribution in [0.15, 0.2) is 54.1 Å². The SMILES string of the molecule is Cc1cc(C)cc(NC(=O)/C(C#N)=C\c2cc(C)n(-c3ccc(F)cc3)c2C)c1. The number of hydrogen-bond acceptors (Lipinski definition) is 2. The van der Waals surface area contributed by atoms with Gasteiger partial charge in [-0.15, -0.1) is 0 Å². The molecule has 0 aliphatic carbocycles. The first kappa shape index (κ1) is 20.1. The maximum absolute atomic E-state index is 13.2. The van der Waals surface area contributed by atoms with E-state index in [-0.39, 0.29) is 11.4 Å². The molecule has 5 heteroatoms. The number of carbonyl (C=O) groups is 1. The Kier molecular flexibility index (Phi) is 5.65. The molecule has 0 saturated heterocycles.